The average Bonchev–Trinajstić information content (AvgIpc) is 3.17. The molecule has 6 heteroatoms. The van der Waals surface area contributed by atoms with E-state index in [0.717, 1.165) is 27.8 Å². The van der Waals surface area contributed by atoms with E-state index in [2.05, 4.69) is 4.98 Å². The Morgan fingerprint density at radius 3 is 2.62 bits per heavy atom. The molecule has 152 valence electrons. The number of aromatic nitrogens is 1. The van der Waals surface area contributed by atoms with Gasteiger partial charge >= 0.3 is 5.97 Å². The Bertz CT molecular complexity index is 964. The van der Waals surface area contributed by atoms with Crippen molar-refractivity contribution >= 4 is 22.7 Å². The van der Waals surface area contributed by atoms with Crippen molar-refractivity contribution in [1.29, 1.82) is 0 Å². The lowest BCUT2D eigenvalue weighted by Crippen LogP contribution is -2.22. The van der Waals surface area contributed by atoms with Crippen molar-refractivity contribution in [2.45, 2.75) is 25.9 Å². The van der Waals surface area contributed by atoms with Crippen LogP contribution >= 0.6 is 0 Å². The fourth-order valence-corrected chi connectivity index (χ4v) is 3.26. The van der Waals surface area contributed by atoms with Gasteiger partial charge in [-0.15, -0.1) is 0 Å². The van der Waals surface area contributed by atoms with E-state index in [9.17, 15) is 9.59 Å². The number of benzene rings is 2. The zero-order valence-corrected chi connectivity index (χ0v) is 16.6. The first kappa shape index (κ1) is 20.6. The van der Waals surface area contributed by atoms with Crippen LogP contribution in [0.5, 0.6) is 5.75 Å². The second-order valence-corrected chi connectivity index (χ2v) is 6.70. The first-order valence-electron chi connectivity index (χ1n) is 9.59. The van der Waals surface area contributed by atoms with Crippen LogP contribution in [0.25, 0.3) is 10.9 Å². The number of hydrogen-bond donors (Lipinski definition) is 1. The summed E-state index contributed by atoms with van der Waals surface area (Å²) in [5, 5.41) is 0.968. The van der Waals surface area contributed by atoms with Gasteiger partial charge in [0.1, 0.15) is 5.75 Å². The maximum atomic E-state index is 12.3. The van der Waals surface area contributed by atoms with Crippen molar-refractivity contribution < 1.29 is 23.8 Å². The van der Waals surface area contributed by atoms with E-state index in [4.69, 9.17) is 14.2 Å². The van der Waals surface area contributed by atoms with Gasteiger partial charge in [-0.2, -0.15) is 0 Å². The Balaban J connectivity index is 1.80. The highest BCUT2D eigenvalue weighted by atomic mass is 16.5. The monoisotopic (exact) mass is 395 g/mol. The lowest BCUT2D eigenvalue weighted by Gasteiger charge is -2.16. The molecule has 6 nitrogen and oxygen atoms in total. The van der Waals surface area contributed by atoms with Crippen LogP contribution in [-0.2, 0) is 25.7 Å². The summed E-state index contributed by atoms with van der Waals surface area (Å²) in [5.41, 5.74) is 2.87. The van der Waals surface area contributed by atoms with Crippen molar-refractivity contribution in [3.05, 3.63) is 65.9 Å². The van der Waals surface area contributed by atoms with Crippen LogP contribution in [0.15, 0.2) is 54.7 Å². The summed E-state index contributed by atoms with van der Waals surface area (Å²) in [6, 6.07) is 15.5. The summed E-state index contributed by atoms with van der Waals surface area (Å²) in [7, 11) is 1.61. The smallest absolute Gasteiger partial charge is 0.374 e. The summed E-state index contributed by atoms with van der Waals surface area (Å²) < 4.78 is 16.0. The van der Waals surface area contributed by atoms with E-state index in [1.165, 1.54) is 0 Å². The lowest BCUT2D eigenvalue weighted by atomic mass is 9.94. The molecule has 0 saturated carbocycles. The number of H-pyrrole nitrogens is 1. The fraction of sp³-hybridized carbons (Fsp3) is 0.304. The Morgan fingerprint density at radius 2 is 1.90 bits per heavy atom. The van der Waals surface area contributed by atoms with Gasteiger partial charge in [-0.3, -0.25) is 4.79 Å². The number of carbonyl (C=O) groups excluding carboxylic acids is 2. The highest BCUT2D eigenvalue weighted by molar-refractivity contribution is 6.33. The quantitative estimate of drug-likeness (QED) is 0.415. The van der Waals surface area contributed by atoms with Gasteiger partial charge in [0.05, 0.1) is 26.9 Å². The highest BCUT2D eigenvalue weighted by Crippen LogP contribution is 2.31. The molecule has 0 aliphatic heterocycles. The minimum absolute atomic E-state index is 0.0204. The maximum absolute atomic E-state index is 12.3. The number of esters is 1. The molecule has 1 N–H and O–H groups in total. The van der Waals surface area contributed by atoms with Gasteiger partial charge in [0.25, 0.3) is 0 Å². The Kier molecular flexibility index (Phi) is 7.03. The number of ketones is 1. The second kappa shape index (κ2) is 9.89. The number of rotatable bonds is 10. The third kappa shape index (κ3) is 5.23. The number of Topliss-reactive ketones (excluding diaryl/α,β-unsaturated/α-hetero) is 1. The van der Waals surface area contributed by atoms with E-state index in [1.807, 2.05) is 54.7 Å². The average molecular weight is 395 g/mol. The molecule has 29 heavy (non-hydrogen) atoms. The van der Waals surface area contributed by atoms with Crippen molar-refractivity contribution in [1.82, 2.24) is 4.98 Å². The van der Waals surface area contributed by atoms with Gasteiger partial charge in [-0.1, -0.05) is 30.3 Å². The fourth-order valence-electron chi connectivity index (χ4n) is 3.26. The largest absolute Gasteiger partial charge is 0.497 e. The van der Waals surface area contributed by atoms with Gasteiger partial charge in [-0.05, 0) is 30.2 Å². The second-order valence-electron chi connectivity index (χ2n) is 6.70. The predicted molar refractivity (Wildman–Crippen MR) is 110 cm³/mol. The molecule has 1 heterocycles. The predicted octanol–water partition coefficient (Wildman–Crippen LogP) is 4.00. The number of carbonyl (C=O) groups is 2. The van der Waals surface area contributed by atoms with Crippen LogP contribution in [0, 0.1) is 0 Å². The molecule has 0 aliphatic carbocycles. The summed E-state index contributed by atoms with van der Waals surface area (Å²) in [4.78, 5) is 27.4. The van der Waals surface area contributed by atoms with Gasteiger partial charge in [0.15, 0.2) is 0 Å². The molecule has 1 unspecified atom stereocenters. The molecule has 0 bridgehead atoms. The first-order valence-corrected chi connectivity index (χ1v) is 9.59. The molecule has 0 amide bonds. The summed E-state index contributed by atoms with van der Waals surface area (Å²) in [5.74, 6) is -0.895. The van der Waals surface area contributed by atoms with Crippen molar-refractivity contribution in [3.63, 3.8) is 0 Å². The zero-order valence-electron chi connectivity index (χ0n) is 16.6. The third-order valence-electron chi connectivity index (χ3n) is 4.73. The van der Waals surface area contributed by atoms with Gasteiger partial charge in [0.2, 0.25) is 5.78 Å². The Morgan fingerprint density at radius 1 is 1.10 bits per heavy atom. The number of hydrogen-bond acceptors (Lipinski definition) is 5. The van der Waals surface area contributed by atoms with Crippen molar-refractivity contribution in [2.75, 3.05) is 20.3 Å². The van der Waals surface area contributed by atoms with E-state index in [1.54, 1.807) is 14.0 Å². The molecule has 2 aromatic carbocycles. The minimum Gasteiger partial charge on any atom is -0.497 e. The van der Waals surface area contributed by atoms with E-state index in [0.29, 0.717) is 13.2 Å². The molecule has 0 radical (unpaired) electrons. The normalized spacial score (nSPS) is 11.9. The van der Waals surface area contributed by atoms with Crippen LogP contribution < -0.4 is 4.74 Å². The van der Waals surface area contributed by atoms with Crippen LogP contribution in [0.2, 0.25) is 0 Å². The van der Waals surface area contributed by atoms with E-state index in [-0.39, 0.29) is 18.9 Å². The van der Waals surface area contributed by atoms with Crippen LogP contribution in [0.3, 0.4) is 0 Å². The molecule has 0 saturated heterocycles. The minimum atomic E-state index is -0.804. The Hall–Kier alpha value is -3.12. The molecule has 1 aromatic heterocycles. The van der Waals surface area contributed by atoms with E-state index < -0.39 is 11.8 Å². The van der Waals surface area contributed by atoms with Crippen LogP contribution in [-0.4, -0.2) is 37.1 Å². The number of fused-ring (bicyclic) bond motifs is 1. The number of ether oxygens (including phenoxy) is 3. The molecule has 0 aliphatic rings. The Labute approximate surface area is 169 Å². The molecule has 0 spiro atoms. The van der Waals surface area contributed by atoms with Crippen LogP contribution in [0.1, 0.15) is 30.4 Å². The summed E-state index contributed by atoms with van der Waals surface area (Å²) >= 11 is 0. The summed E-state index contributed by atoms with van der Waals surface area (Å²) in [6.45, 7) is 2.59. The third-order valence-corrected chi connectivity index (χ3v) is 4.73. The molecular weight excluding hydrogens is 370 g/mol. The molecule has 3 aromatic rings. The number of aromatic amines is 1. The van der Waals surface area contributed by atoms with Crippen LogP contribution in [0.4, 0.5) is 0 Å². The van der Waals surface area contributed by atoms with Crippen molar-refractivity contribution in [3.8, 4) is 5.75 Å². The van der Waals surface area contributed by atoms with Gasteiger partial charge in [0, 0.05) is 35.5 Å². The molecular formula is C23H25NO5. The summed E-state index contributed by atoms with van der Waals surface area (Å²) in [6.07, 6.45) is 1.88. The first-order chi connectivity index (χ1) is 14.1. The molecule has 0 fully saturated rings. The SMILES string of the molecule is CCOC(=O)C(=O)CC(COCc1ccccc1)c1c[nH]c2cc(OC)ccc12. The molecule has 1 atom stereocenters. The number of nitrogens with one attached hydrogen (secondary N) is 1. The maximum Gasteiger partial charge on any atom is 0.374 e. The standard InChI is InChI=1S/C23H25NO5/c1-3-29-23(26)22(25)11-17(15-28-14-16-7-5-4-6-8-16)20-13-24-21-12-18(27-2)9-10-19(20)21/h4-10,12-13,17,24H,3,11,14-15H2,1-2H3. The zero-order chi connectivity index (χ0) is 20.6. The van der Waals surface area contributed by atoms with Gasteiger partial charge in [-0.25, -0.2) is 4.79 Å². The highest BCUT2D eigenvalue weighted by Gasteiger charge is 2.24. The lowest BCUT2D eigenvalue weighted by molar-refractivity contribution is -0.153. The van der Waals surface area contributed by atoms with Gasteiger partial charge < -0.3 is 19.2 Å². The topological polar surface area (TPSA) is 77.6 Å². The number of methoxy groups -OCH3 is 1. The van der Waals surface area contributed by atoms with Crippen molar-refractivity contribution in [2.24, 2.45) is 0 Å². The van der Waals surface area contributed by atoms with E-state index >= 15 is 0 Å². The molecule has 3 rings (SSSR count).